The Bertz CT molecular complexity index is 449. The first-order valence-corrected chi connectivity index (χ1v) is 6.21. The van der Waals surface area contributed by atoms with Gasteiger partial charge in [0.25, 0.3) is 0 Å². The second-order valence-corrected chi connectivity index (χ2v) is 5.39. The number of halogens is 1. The van der Waals surface area contributed by atoms with Gasteiger partial charge in [-0.2, -0.15) is 0 Å². The van der Waals surface area contributed by atoms with Gasteiger partial charge in [-0.05, 0) is 36.5 Å². The lowest BCUT2D eigenvalue weighted by Crippen LogP contribution is -2.42. The molecule has 0 aliphatic carbocycles. The van der Waals surface area contributed by atoms with Crippen LogP contribution in [0.5, 0.6) is 0 Å². The summed E-state index contributed by atoms with van der Waals surface area (Å²) < 4.78 is 13.2. The van der Waals surface area contributed by atoms with Crippen LogP contribution in [0.3, 0.4) is 0 Å². The van der Waals surface area contributed by atoms with E-state index in [2.05, 4.69) is 4.90 Å². The number of aliphatic carboxylic acids is 1. The number of hydrogen-bond acceptors (Lipinski definition) is 2. The van der Waals surface area contributed by atoms with Crippen molar-refractivity contribution in [3.8, 4) is 0 Å². The van der Waals surface area contributed by atoms with E-state index in [1.54, 1.807) is 6.07 Å². The summed E-state index contributed by atoms with van der Waals surface area (Å²) in [5.41, 5.74) is 0.613. The third kappa shape index (κ3) is 3.00. The average Bonchev–Trinajstić information content (AvgIpc) is 2.27. The number of carboxylic acid groups (broad SMARTS) is 1. The largest absolute Gasteiger partial charge is 0.481 e. The van der Waals surface area contributed by atoms with Crippen molar-refractivity contribution in [2.24, 2.45) is 5.41 Å². The van der Waals surface area contributed by atoms with E-state index in [1.807, 2.05) is 13.0 Å². The van der Waals surface area contributed by atoms with E-state index in [0.717, 1.165) is 25.1 Å². The molecular formula is C14H18FNO2. The summed E-state index contributed by atoms with van der Waals surface area (Å²) in [6.07, 6.45) is 2.02. The topological polar surface area (TPSA) is 40.5 Å². The van der Waals surface area contributed by atoms with Gasteiger partial charge in [-0.1, -0.05) is 13.0 Å². The predicted octanol–water partition coefficient (Wildman–Crippen LogP) is 2.91. The zero-order valence-electron chi connectivity index (χ0n) is 10.5. The Morgan fingerprint density at radius 1 is 1.56 bits per heavy atom. The first-order valence-electron chi connectivity index (χ1n) is 6.21. The number of hydrogen-bond donors (Lipinski definition) is 1. The fourth-order valence-electron chi connectivity index (χ4n) is 2.72. The molecule has 1 heterocycles. The lowest BCUT2D eigenvalue weighted by atomic mass is 9.79. The molecule has 1 atom stereocenters. The van der Waals surface area contributed by atoms with E-state index in [-0.39, 0.29) is 17.7 Å². The number of carbonyl (C=O) groups is 1. The van der Waals surface area contributed by atoms with E-state index in [9.17, 15) is 9.18 Å². The predicted molar refractivity (Wildman–Crippen MR) is 68.2 cm³/mol. The van der Waals surface area contributed by atoms with Crippen LogP contribution in [0.25, 0.3) is 0 Å². The molecule has 98 valence electrons. The molecule has 1 aromatic rings. The van der Waals surface area contributed by atoms with Crippen LogP contribution in [0.1, 0.15) is 26.2 Å². The zero-order chi connectivity index (χ0) is 13.2. The summed E-state index contributed by atoms with van der Waals surface area (Å²) in [5.74, 6) is -1.02. The molecule has 1 unspecified atom stereocenters. The second-order valence-electron chi connectivity index (χ2n) is 5.39. The minimum atomic E-state index is -0.765. The van der Waals surface area contributed by atoms with Gasteiger partial charge >= 0.3 is 5.97 Å². The molecule has 1 aromatic carbocycles. The molecule has 1 aliphatic heterocycles. The van der Waals surface area contributed by atoms with Crippen molar-refractivity contribution in [2.75, 3.05) is 18.0 Å². The van der Waals surface area contributed by atoms with Crippen LogP contribution in [0.4, 0.5) is 10.1 Å². The number of benzene rings is 1. The first-order chi connectivity index (χ1) is 8.48. The molecule has 4 heteroatoms. The van der Waals surface area contributed by atoms with Gasteiger partial charge in [-0.25, -0.2) is 4.39 Å². The van der Waals surface area contributed by atoms with Crippen molar-refractivity contribution in [2.45, 2.75) is 26.2 Å². The summed E-state index contributed by atoms with van der Waals surface area (Å²) in [5, 5.41) is 8.95. The molecular weight excluding hydrogens is 233 g/mol. The molecule has 2 rings (SSSR count). The second kappa shape index (κ2) is 4.96. The van der Waals surface area contributed by atoms with Crippen LogP contribution in [0.15, 0.2) is 24.3 Å². The highest BCUT2D eigenvalue weighted by Crippen LogP contribution is 2.35. The van der Waals surface area contributed by atoms with Crippen molar-refractivity contribution in [3.05, 3.63) is 30.1 Å². The van der Waals surface area contributed by atoms with Crippen LogP contribution >= 0.6 is 0 Å². The lowest BCUT2D eigenvalue weighted by molar-refractivity contribution is -0.139. The molecule has 0 radical (unpaired) electrons. The molecule has 1 N–H and O–H groups in total. The van der Waals surface area contributed by atoms with Crippen LogP contribution < -0.4 is 4.90 Å². The number of carboxylic acids is 1. The van der Waals surface area contributed by atoms with Crippen molar-refractivity contribution in [1.82, 2.24) is 0 Å². The van der Waals surface area contributed by atoms with E-state index in [1.165, 1.54) is 12.1 Å². The number of piperidine rings is 1. The van der Waals surface area contributed by atoms with Gasteiger partial charge in [0.15, 0.2) is 0 Å². The van der Waals surface area contributed by atoms with Gasteiger partial charge in [-0.3, -0.25) is 4.79 Å². The Balaban J connectivity index is 2.13. The fraction of sp³-hybridized carbons (Fsp3) is 0.500. The Morgan fingerprint density at radius 2 is 2.33 bits per heavy atom. The van der Waals surface area contributed by atoms with Crippen molar-refractivity contribution in [3.63, 3.8) is 0 Å². The van der Waals surface area contributed by atoms with Gasteiger partial charge in [0.2, 0.25) is 0 Å². The highest BCUT2D eigenvalue weighted by atomic mass is 19.1. The number of rotatable bonds is 3. The maximum absolute atomic E-state index is 13.2. The normalized spacial score (nSPS) is 24.0. The zero-order valence-corrected chi connectivity index (χ0v) is 10.5. The maximum atomic E-state index is 13.2. The monoisotopic (exact) mass is 251 g/mol. The average molecular weight is 251 g/mol. The lowest BCUT2D eigenvalue weighted by Gasteiger charge is -2.41. The van der Waals surface area contributed by atoms with E-state index >= 15 is 0 Å². The molecule has 0 saturated carbocycles. The molecule has 0 spiro atoms. The van der Waals surface area contributed by atoms with Crippen molar-refractivity contribution in [1.29, 1.82) is 0 Å². The maximum Gasteiger partial charge on any atom is 0.303 e. The van der Waals surface area contributed by atoms with Gasteiger partial charge in [0.1, 0.15) is 5.82 Å². The number of anilines is 1. The number of nitrogens with zero attached hydrogens (tertiary/aromatic N) is 1. The van der Waals surface area contributed by atoms with Gasteiger partial charge < -0.3 is 10.0 Å². The molecule has 0 bridgehead atoms. The molecule has 1 saturated heterocycles. The highest BCUT2D eigenvalue weighted by molar-refractivity contribution is 5.68. The standard InChI is InChI=1S/C14H18FNO2/c1-14(9-13(17)18)6-3-7-16(10-14)12-5-2-4-11(15)8-12/h2,4-5,8H,3,6-7,9-10H2,1H3,(H,17,18). The Hall–Kier alpha value is -1.58. The molecule has 3 nitrogen and oxygen atoms in total. The van der Waals surface area contributed by atoms with E-state index in [0.29, 0.717) is 6.54 Å². The summed E-state index contributed by atoms with van der Waals surface area (Å²) in [4.78, 5) is 13.0. The van der Waals surface area contributed by atoms with Gasteiger partial charge in [-0.15, -0.1) is 0 Å². The molecule has 1 fully saturated rings. The van der Waals surface area contributed by atoms with Crippen molar-refractivity contribution >= 4 is 11.7 Å². The summed E-state index contributed by atoms with van der Waals surface area (Å²) in [6, 6.07) is 6.49. The van der Waals surface area contributed by atoms with Gasteiger partial charge in [0.05, 0.1) is 6.42 Å². The minimum absolute atomic E-state index is 0.165. The Morgan fingerprint density at radius 3 is 3.00 bits per heavy atom. The molecule has 0 aromatic heterocycles. The summed E-state index contributed by atoms with van der Waals surface area (Å²) in [7, 11) is 0. The molecule has 18 heavy (non-hydrogen) atoms. The third-order valence-electron chi connectivity index (χ3n) is 3.53. The Kier molecular flexibility index (Phi) is 3.55. The van der Waals surface area contributed by atoms with Crippen molar-refractivity contribution < 1.29 is 14.3 Å². The van der Waals surface area contributed by atoms with Crippen LogP contribution in [0, 0.1) is 11.2 Å². The van der Waals surface area contributed by atoms with Crippen LogP contribution in [-0.2, 0) is 4.79 Å². The highest BCUT2D eigenvalue weighted by Gasteiger charge is 2.33. The smallest absolute Gasteiger partial charge is 0.303 e. The molecule has 1 aliphatic rings. The quantitative estimate of drug-likeness (QED) is 0.898. The Labute approximate surface area is 106 Å². The summed E-state index contributed by atoms with van der Waals surface area (Å²) >= 11 is 0. The minimum Gasteiger partial charge on any atom is -0.481 e. The third-order valence-corrected chi connectivity index (χ3v) is 3.53. The van der Waals surface area contributed by atoms with Crippen LogP contribution in [0.2, 0.25) is 0 Å². The van der Waals surface area contributed by atoms with Gasteiger partial charge in [0, 0.05) is 18.8 Å². The SMILES string of the molecule is CC1(CC(=O)O)CCCN(c2cccc(F)c2)C1. The van der Waals surface area contributed by atoms with Crippen LogP contribution in [-0.4, -0.2) is 24.2 Å². The molecule has 0 amide bonds. The first kappa shape index (κ1) is 12.9. The summed E-state index contributed by atoms with van der Waals surface area (Å²) in [6.45, 7) is 3.52. The fourth-order valence-corrected chi connectivity index (χ4v) is 2.72. The van der Waals surface area contributed by atoms with E-state index < -0.39 is 5.97 Å². The van der Waals surface area contributed by atoms with E-state index in [4.69, 9.17) is 5.11 Å².